The standard InChI is InChI=1S/C10H12O8/c11-7(17-9(13)14)5-3-1-2-4-6(5)8(12)18-10(15)16/h5-6H,1-4H2,(H,13,14)(H,15,16). The first-order valence-electron chi connectivity index (χ1n) is 5.31. The SMILES string of the molecule is O=C(O)OC(=O)C1CCCCC1C(=O)OC(=O)O. The first kappa shape index (κ1) is 13.9. The predicted octanol–water partition coefficient (Wildman–Crippen LogP) is 1.24. The van der Waals surface area contributed by atoms with Crippen molar-refractivity contribution in [3.8, 4) is 0 Å². The van der Waals surface area contributed by atoms with Gasteiger partial charge in [0.15, 0.2) is 0 Å². The maximum atomic E-state index is 11.5. The number of carbonyl (C=O) groups is 4. The van der Waals surface area contributed by atoms with Crippen molar-refractivity contribution in [1.29, 1.82) is 0 Å². The third-order valence-corrected chi connectivity index (χ3v) is 2.75. The predicted molar refractivity (Wildman–Crippen MR) is 53.7 cm³/mol. The molecule has 100 valence electrons. The smallest absolute Gasteiger partial charge is 0.449 e. The average Bonchev–Trinajstić information content (AvgIpc) is 2.27. The van der Waals surface area contributed by atoms with Gasteiger partial charge in [-0.3, -0.25) is 9.59 Å². The lowest BCUT2D eigenvalue weighted by molar-refractivity contribution is -0.157. The Morgan fingerprint density at radius 1 is 0.778 bits per heavy atom. The van der Waals surface area contributed by atoms with E-state index in [1.54, 1.807) is 0 Å². The summed E-state index contributed by atoms with van der Waals surface area (Å²) < 4.78 is 8.00. The minimum atomic E-state index is -1.75. The van der Waals surface area contributed by atoms with Crippen LogP contribution < -0.4 is 0 Å². The normalized spacial score (nSPS) is 22.9. The van der Waals surface area contributed by atoms with Crippen molar-refractivity contribution < 1.29 is 38.9 Å². The quantitative estimate of drug-likeness (QED) is 0.560. The van der Waals surface area contributed by atoms with Crippen molar-refractivity contribution in [2.24, 2.45) is 11.8 Å². The molecule has 0 aromatic heterocycles. The molecule has 8 heteroatoms. The summed E-state index contributed by atoms with van der Waals surface area (Å²) in [6.07, 6.45) is -1.70. The third-order valence-electron chi connectivity index (χ3n) is 2.75. The zero-order valence-electron chi connectivity index (χ0n) is 9.33. The summed E-state index contributed by atoms with van der Waals surface area (Å²) in [4.78, 5) is 43.4. The molecule has 2 unspecified atom stereocenters. The Balaban J connectivity index is 2.73. The second-order valence-electron chi connectivity index (χ2n) is 3.87. The van der Waals surface area contributed by atoms with Crippen molar-refractivity contribution in [3.63, 3.8) is 0 Å². The van der Waals surface area contributed by atoms with Crippen LogP contribution in [0.25, 0.3) is 0 Å². The van der Waals surface area contributed by atoms with Gasteiger partial charge >= 0.3 is 24.2 Å². The van der Waals surface area contributed by atoms with Crippen molar-refractivity contribution in [1.82, 2.24) is 0 Å². The molecule has 0 saturated heterocycles. The van der Waals surface area contributed by atoms with Crippen LogP contribution >= 0.6 is 0 Å². The maximum Gasteiger partial charge on any atom is 0.513 e. The van der Waals surface area contributed by atoms with E-state index < -0.39 is 36.1 Å². The van der Waals surface area contributed by atoms with Crippen LogP contribution in [0.1, 0.15) is 25.7 Å². The van der Waals surface area contributed by atoms with Gasteiger partial charge in [0, 0.05) is 0 Å². The van der Waals surface area contributed by atoms with Gasteiger partial charge < -0.3 is 19.7 Å². The van der Waals surface area contributed by atoms with E-state index >= 15 is 0 Å². The topological polar surface area (TPSA) is 127 Å². The van der Waals surface area contributed by atoms with Crippen molar-refractivity contribution in [2.75, 3.05) is 0 Å². The molecule has 1 aliphatic rings. The summed E-state index contributed by atoms with van der Waals surface area (Å²) in [5.74, 6) is -4.03. The maximum absolute atomic E-state index is 11.5. The lowest BCUT2D eigenvalue weighted by Gasteiger charge is -2.26. The molecule has 2 atom stereocenters. The summed E-state index contributed by atoms with van der Waals surface area (Å²) in [7, 11) is 0. The zero-order chi connectivity index (χ0) is 13.7. The minimum absolute atomic E-state index is 0.269. The summed E-state index contributed by atoms with van der Waals surface area (Å²) in [6.45, 7) is 0. The lowest BCUT2D eigenvalue weighted by atomic mass is 9.79. The Hall–Kier alpha value is -2.12. The highest BCUT2D eigenvalue weighted by molar-refractivity contribution is 5.89. The van der Waals surface area contributed by atoms with Gasteiger partial charge in [-0.05, 0) is 12.8 Å². The molecule has 0 aromatic carbocycles. The van der Waals surface area contributed by atoms with Crippen LogP contribution in [0.15, 0.2) is 0 Å². The van der Waals surface area contributed by atoms with Crippen LogP contribution in [-0.4, -0.2) is 34.5 Å². The van der Waals surface area contributed by atoms with E-state index in [0.717, 1.165) is 0 Å². The number of ether oxygens (including phenoxy) is 2. The van der Waals surface area contributed by atoms with Crippen LogP contribution in [0.2, 0.25) is 0 Å². The molecule has 1 fully saturated rings. The van der Waals surface area contributed by atoms with E-state index in [1.807, 2.05) is 0 Å². The van der Waals surface area contributed by atoms with Gasteiger partial charge in [0.2, 0.25) is 0 Å². The van der Waals surface area contributed by atoms with Gasteiger partial charge in [0.05, 0.1) is 11.8 Å². The Morgan fingerprint density at radius 3 is 1.39 bits per heavy atom. The van der Waals surface area contributed by atoms with E-state index in [2.05, 4.69) is 9.47 Å². The van der Waals surface area contributed by atoms with Crippen molar-refractivity contribution >= 4 is 24.2 Å². The van der Waals surface area contributed by atoms with Gasteiger partial charge in [-0.25, -0.2) is 9.59 Å². The molecular formula is C10H12O8. The number of carboxylic acid groups (broad SMARTS) is 2. The molecule has 0 aliphatic heterocycles. The summed E-state index contributed by atoms with van der Waals surface area (Å²) in [6, 6.07) is 0. The van der Waals surface area contributed by atoms with Crippen LogP contribution in [0, 0.1) is 11.8 Å². The number of hydrogen-bond acceptors (Lipinski definition) is 6. The molecule has 0 aromatic rings. The van der Waals surface area contributed by atoms with Crippen LogP contribution in [0.3, 0.4) is 0 Å². The van der Waals surface area contributed by atoms with Crippen LogP contribution in [0.5, 0.6) is 0 Å². The minimum Gasteiger partial charge on any atom is -0.449 e. The van der Waals surface area contributed by atoms with Gasteiger partial charge in [0.25, 0.3) is 0 Å². The van der Waals surface area contributed by atoms with Crippen LogP contribution in [-0.2, 0) is 19.1 Å². The highest BCUT2D eigenvalue weighted by Crippen LogP contribution is 2.32. The van der Waals surface area contributed by atoms with Crippen molar-refractivity contribution in [2.45, 2.75) is 25.7 Å². The van der Waals surface area contributed by atoms with E-state index in [9.17, 15) is 19.2 Å². The molecular weight excluding hydrogens is 248 g/mol. The fraction of sp³-hybridized carbons (Fsp3) is 0.600. The lowest BCUT2D eigenvalue weighted by Crippen LogP contribution is -2.36. The number of esters is 2. The third kappa shape index (κ3) is 3.72. The molecule has 1 saturated carbocycles. The molecule has 1 aliphatic carbocycles. The van der Waals surface area contributed by atoms with Gasteiger partial charge in [-0.1, -0.05) is 12.8 Å². The molecule has 0 spiro atoms. The molecule has 8 nitrogen and oxygen atoms in total. The second-order valence-corrected chi connectivity index (χ2v) is 3.87. The van der Waals surface area contributed by atoms with E-state index in [4.69, 9.17) is 10.2 Å². The van der Waals surface area contributed by atoms with Gasteiger partial charge in [-0.15, -0.1) is 0 Å². The number of carbonyl (C=O) groups excluding carboxylic acids is 2. The monoisotopic (exact) mass is 260 g/mol. The van der Waals surface area contributed by atoms with Gasteiger partial charge in [0.1, 0.15) is 0 Å². The Morgan fingerprint density at radius 2 is 1.11 bits per heavy atom. The second kappa shape index (κ2) is 5.99. The Bertz CT molecular complexity index is 338. The molecule has 0 bridgehead atoms. The van der Waals surface area contributed by atoms with E-state index in [-0.39, 0.29) is 12.8 Å². The highest BCUT2D eigenvalue weighted by Gasteiger charge is 2.39. The molecule has 0 radical (unpaired) electrons. The largest absolute Gasteiger partial charge is 0.513 e. The van der Waals surface area contributed by atoms with E-state index in [1.165, 1.54) is 0 Å². The zero-order valence-corrected chi connectivity index (χ0v) is 9.33. The first-order chi connectivity index (χ1) is 8.41. The van der Waals surface area contributed by atoms with Crippen LogP contribution in [0.4, 0.5) is 9.59 Å². The average molecular weight is 260 g/mol. The number of hydrogen-bond donors (Lipinski definition) is 2. The highest BCUT2D eigenvalue weighted by atomic mass is 16.7. The van der Waals surface area contributed by atoms with Gasteiger partial charge in [-0.2, -0.15) is 0 Å². The van der Waals surface area contributed by atoms with Crippen molar-refractivity contribution in [3.05, 3.63) is 0 Å². The summed E-state index contributed by atoms with van der Waals surface area (Å²) in [5, 5.41) is 16.7. The Labute approximate surface area is 101 Å². The fourth-order valence-corrected chi connectivity index (χ4v) is 2.02. The number of rotatable bonds is 2. The van der Waals surface area contributed by atoms with E-state index in [0.29, 0.717) is 12.8 Å². The summed E-state index contributed by atoms with van der Waals surface area (Å²) >= 11 is 0. The molecule has 18 heavy (non-hydrogen) atoms. The molecule has 2 N–H and O–H groups in total. The first-order valence-corrected chi connectivity index (χ1v) is 5.31. The molecule has 0 heterocycles. The summed E-state index contributed by atoms with van der Waals surface area (Å²) in [5.41, 5.74) is 0. The fourth-order valence-electron chi connectivity index (χ4n) is 2.02. The Kier molecular flexibility index (Phi) is 4.64. The molecule has 1 rings (SSSR count). The molecule has 0 amide bonds.